The largest absolute Gasteiger partial charge is 0.364 e. The smallest absolute Gasteiger partial charge is 0.240 e. The fourth-order valence-electron chi connectivity index (χ4n) is 2.42. The molecular formula is C18H17ClN2O3S. The first-order valence-electron chi connectivity index (χ1n) is 7.78. The number of halogens is 1. The summed E-state index contributed by atoms with van der Waals surface area (Å²) in [6.45, 7) is 0.346. The van der Waals surface area contributed by atoms with Gasteiger partial charge in [-0.25, -0.2) is 13.1 Å². The van der Waals surface area contributed by atoms with Gasteiger partial charge in [0.2, 0.25) is 10.0 Å². The fourth-order valence-corrected chi connectivity index (χ4v) is 3.66. The van der Waals surface area contributed by atoms with Crippen LogP contribution in [0.25, 0.3) is 11.1 Å². The van der Waals surface area contributed by atoms with Crippen LogP contribution in [-0.2, 0) is 16.4 Å². The van der Waals surface area contributed by atoms with Gasteiger partial charge < -0.3 is 4.52 Å². The van der Waals surface area contributed by atoms with Crippen LogP contribution < -0.4 is 4.72 Å². The average molecular weight is 377 g/mol. The van der Waals surface area contributed by atoms with Gasteiger partial charge in [0.1, 0.15) is 6.26 Å². The lowest BCUT2D eigenvalue weighted by Crippen LogP contribution is -2.25. The number of hydrogen-bond acceptors (Lipinski definition) is 4. The Morgan fingerprint density at radius 2 is 1.88 bits per heavy atom. The molecule has 3 rings (SSSR count). The lowest BCUT2D eigenvalue weighted by atomic mass is 10.1. The Morgan fingerprint density at radius 3 is 2.60 bits per heavy atom. The molecule has 0 aliphatic heterocycles. The zero-order valence-electron chi connectivity index (χ0n) is 13.4. The van der Waals surface area contributed by atoms with Crippen LogP contribution in [-0.4, -0.2) is 20.1 Å². The van der Waals surface area contributed by atoms with Crippen molar-refractivity contribution >= 4 is 21.6 Å². The Hall–Kier alpha value is -2.15. The normalized spacial score (nSPS) is 11.6. The Labute approximate surface area is 151 Å². The lowest BCUT2D eigenvalue weighted by molar-refractivity contribution is 0.418. The van der Waals surface area contributed by atoms with E-state index in [1.807, 2.05) is 18.2 Å². The van der Waals surface area contributed by atoms with Crippen LogP contribution in [0.4, 0.5) is 0 Å². The summed E-state index contributed by atoms with van der Waals surface area (Å²) in [5.74, 6) is 0. The van der Waals surface area contributed by atoms with Gasteiger partial charge in [-0.15, -0.1) is 0 Å². The zero-order chi connectivity index (χ0) is 17.7. The summed E-state index contributed by atoms with van der Waals surface area (Å²) in [6, 6.07) is 14.1. The van der Waals surface area contributed by atoms with Crippen molar-refractivity contribution in [1.82, 2.24) is 9.88 Å². The van der Waals surface area contributed by atoms with Gasteiger partial charge in [0.05, 0.1) is 11.1 Å². The van der Waals surface area contributed by atoms with Gasteiger partial charge in [0, 0.05) is 17.1 Å². The van der Waals surface area contributed by atoms with Gasteiger partial charge in [0.15, 0.2) is 0 Å². The second-order valence-electron chi connectivity index (χ2n) is 5.57. The molecule has 2 aromatic carbocycles. The maximum atomic E-state index is 12.5. The summed E-state index contributed by atoms with van der Waals surface area (Å²) >= 11 is 5.90. The van der Waals surface area contributed by atoms with E-state index in [1.165, 1.54) is 0 Å². The minimum Gasteiger partial charge on any atom is -0.364 e. The molecule has 0 fully saturated rings. The minimum absolute atomic E-state index is 0.241. The van der Waals surface area contributed by atoms with E-state index >= 15 is 0 Å². The molecule has 130 valence electrons. The molecule has 1 heterocycles. The molecule has 0 unspecified atom stereocenters. The van der Waals surface area contributed by atoms with E-state index in [-0.39, 0.29) is 4.90 Å². The van der Waals surface area contributed by atoms with E-state index in [0.717, 1.165) is 16.7 Å². The molecule has 1 aromatic heterocycles. The van der Waals surface area contributed by atoms with E-state index in [1.54, 1.807) is 42.8 Å². The molecule has 1 N–H and O–H groups in total. The average Bonchev–Trinajstić information content (AvgIpc) is 3.13. The van der Waals surface area contributed by atoms with Crippen molar-refractivity contribution in [3.05, 3.63) is 71.6 Å². The van der Waals surface area contributed by atoms with Crippen molar-refractivity contribution in [2.45, 2.75) is 17.7 Å². The SMILES string of the molecule is O=S(=O)(NCCCc1cnoc1)c1cccc(-c2ccc(Cl)cc2)c1. The van der Waals surface area contributed by atoms with Gasteiger partial charge >= 0.3 is 0 Å². The van der Waals surface area contributed by atoms with Crippen molar-refractivity contribution in [3.63, 3.8) is 0 Å². The monoisotopic (exact) mass is 376 g/mol. The van der Waals surface area contributed by atoms with E-state index in [0.29, 0.717) is 24.4 Å². The number of aryl methyl sites for hydroxylation is 1. The van der Waals surface area contributed by atoms with Crippen molar-refractivity contribution in [1.29, 1.82) is 0 Å². The summed E-state index contributed by atoms with van der Waals surface area (Å²) in [5, 5.41) is 4.26. The zero-order valence-corrected chi connectivity index (χ0v) is 14.9. The van der Waals surface area contributed by atoms with Gasteiger partial charge in [-0.05, 0) is 48.2 Å². The summed E-state index contributed by atoms with van der Waals surface area (Å²) in [4.78, 5) is 0.241. The van der Waals surface area contributed by atoms with Gasteiger partial charge in [0.25, 0.3) is 0 Å². The van der Waals surface area contributed by atoms with Crippen molar-refractivity contribution in [2.24, 2.45) is 0 Å². The van der Waals surface area contributed by atoms with Crippen molar-refractivity contribution in [3.8, 4) is 11.1 Å². The molecule has 0 saturated heterocycles. The first-order valence-corrected chi connectivity index (χ1v) is 9.65. The van der Waals surface area contributed by atoms with Gasteiger partial charge in [-0.2, -0.15) is 0 Å². The number of benzene rings is 2. The highest BCUT2D eigenvalue weighted by Crippen LogP contribution is 2.24. The minimum atomic E-state index is -3.56. The number of sulfonamides is 1. The maximum Gasteiger partial charge on any atom is 0.240 e. The molecule has 0 aliphatic carbocycles. The molecule has 0 spiro atoms. The first kappa shape index (κ1) is 17.7. The Bertz CT molecular complexity index is 923. The molecule has 0 amide bonds. The molecule has 5 nitrogen and oxygen atoms in total. The highest BCUT2D eigenvalue weighted by atomic mass is 35.5. The third-order valence-electron chi connectivity index (χ3n) is 3.74. The molecule has 25 heavy (non-hydrogen) atoms. The summed E-state index contributed by atoms with van der Waals surface area (Å²) in [7, 11) is -3.56. The van der Waals surface area contributed by atoms with Crippen molar-refractivity contribution < 1.29 is 12.9 Å². The molecule has 0 radical (unpaired) electrons. The van der Waals surface area contributed by atoms with E-state index in [2.05, 4.69) is 9.88 Å². The first-order chi connectivity index (χ1) is 12.0. The quantitative estimate of drug-likeness (QED) is 0.634. The molecule has 0 aliphatic rings. The highest BCUT2D eigenvalue weighted by Gasteiger charge is 2.14. The van der Waals surface area contributed by atoms with E-state index in [9.17, 15) is 8.42 Å². The standard InChI is InChI=1S/C18H17ClN2O3S/c19-17-8-6-15(7-9-17)16-4-1-5-18(11-16)25(22,23)21-10-2-3-14-12-20-24-13-14/h1,4-9,11-13,21H,2-3,10H2. The highest BCUT2D eigenvalue weighted by molar-refractivity contribution is 7.89. The molecule has 0 atom stereocenters. The molecule has 0 bridgehead atoms. The Kier molecular flexibility index (Phi) is 5.53. The molecule has 3 aromatic rings. The lowest BCUT2D eigenvalue weighted by Gasteiger charge is -2.08. The number of nitrogens with one attached hydrogen (secondary N) is 1. The maximum absolute atomic E-state index is 12.5. The predicted octanol–water partition coefficient (Wildman–Crippen LogP) is 3.91. The second-order valence-corrected chi connectivity index (χ2v) is 7.77. The third kappa shape index (κ3) is 4.69. The molecule has 0 saturated carbocycles. The van der Waals surface area contributed by atoms with E-state index in [4.69, 9.17) is 16.1 Å². The van der Waals surface area contributed by atoms with Crippen LogP contribution in [0.1, 0.15) is 12.0 Å². The summed E-state index contributed by atoms with van der Waals surface area (Å²) in [6.07, 6.45) is 4.56. The van der Waals surface area contributed by atoms with Gasteiger partial charge in [-0.3, -0.25) is 0 Å². The van der Waals surface area contributed by atoms with Crippen molar-refractivity contribution in [2.75, 3.05) is 6.54 Å². The van der Waals surface area contributed by atoms with Gasteiger partial charge in [-0.1, -0.05) is 41.0 Å². The van der Waals surface area contributed by atoms with Crippen LogP contribution in [0.2, 0.25) is 5.02 Å². The number of aromatic nitrogens is 1. The van der Waals surface area contributed by atoms with Crippen LogP contribution in [0.5, 0.6) is 0 Å². The second kappa shape index (κ2) is 7.82. The number of hydrogen-bond donors (Lipinski definition) is 1. The topological polar surface area (TPSA) is 72.2 Å². The van der Waals surface area contributed by atoms with Crippen LogP contribution in [0.3, 0.4) is 0 Å². The summed E-state index contributed by atoms with van der Waals surface area (Å²) < 4.78 is 32.3. The molecular weight excluding hydrogens is 360 g/mol. The van der Waals surface area contributed by atoms with Crippen LogP contribution in [0.15, 0.2) is 70.4 Å². The molecule has 7 heteroatoms. The Morgan fingerprint density at radius 1 is 1.08 bits per heavy atom. The Balaban J connectivity index is 1.67. The van der Waals surface area contributed by atoms with E-state index < -0.39 is 10.0 Å². The van der Waals surface area contributed by atoms with Crippen LogP contribution in [0, 0.1) is 0 Å². The summed E-state index contributed by atoms with van der Waals surface area (Å²) in [5.41, 5.74) is 2.68. The fraction of sp³-hybridized carbons (Fsp3) is 0.167. The number of rotatable bonds is 7. The number of nitrogens with zero attached hydrogens (tertiary/aromatic N) is 1. The third-order valence-corrected chi connectivity index (χ3v) is 5.45. The predicted molar refractivity (Wildman–Crippen MR) is 96.9 cm³/mol. The van der Waals surface area contributed by atoms with Crippen LogP contribution >= 0.6 is 11.6 Å².